The van der Waals surface area contributed by atoms with Crippen molar-refractivity contribution in [3.05, 3.63) is 48.0 Å². The summed E-state index contributed by atoms with van der Waals surface area (Å²) in [5, 5.41) is 7.61. The number of hydrogen-bond acceptors (Lipinski definition) is 6. The van der Waals surface area contributed by atoms with Crippen molar-refractivity contribution in [2.75, 3.05) is 0 Å². The van der Waals surface area contributed by atoms with Gasteiger partial charge in [-0.1, -0.05) is 0 Å². The molecule has 100 valence electrons. The first kappa shape index (κ1) is 13.4. The first-order valence-corrected chi connectivity index (χ1v) is 6.05. The third kappa shape index (κ3) is 3.46. The second-order valence-corrected chi connectivity index (χ2v) is 4.40. The van der Waals surface area contributed by atoms with E-state index < -0.39 is 0 Å². The van der Waals surface area contributed by atoms with Crippen molar-refractivity contribution in [1.29, 1.82) is 0 Å². The van der Waals surface area contributed by atoms with Gasteiger partial charge in [-0.3, -0.25) is 10.8 Å². The summed E-state index contributed by atoms with van der Waals surface area (Å²) < 4.78 is 5.63. The molecular formula is C13H17N5O. The molecule has 1 unspecified atom stereocenters. The summed E-state index contributed by atoms with van der Waals surface area (Å²) >= 11 is 0. The summed E-state index contributed by atoms with van der Waals surface area (Å²) in [5.74, 6) is 6.34. The lowest BCUT2D eigenvalue weighted by molar-refractivity contribution is 0.241. The number of nitrogens with zero attached hydrogens (tertiary/aromatic N) is 3. The first-order valence-electron chi connectivity index (χ1n) is 6.05. The van der Waals surface area contributed by atoms with Crippen LogP contribution in [-0.4, -0.2) is 21.3 Å². The van der Waals surface area contributed by atoms with E-state index in [4.69, 9.17) is 10.6 Å². The maximum atomic E-state index is 5.63. The third-order valence-electron chi connectivity index (χ3n) is 2.55. The van der Waals surface area contributed by atoms with Crippen LogP contribution < -0.4 is 16.0 Å². The van der Waals surface area contributed by atoms with Gasteiger partial charge in [-0.2, -0.15) is 10.2 Å². The summed E-state index contributed by atoms with van der Waals surface area (Å²) in [5.41, 5.74) is 4.58. The highest BCUT2D eigenvalue weighted by atomic mass is 16.5. The highest BCUT2D eigenvalue weighted by molar-refractivity contribution is 5.32. The van der Waals surface area contributed by atoms with E-state index in [-0.39, 0.29) is 12.1 Å². The van der Waals surface area contributed by atoms with E-state index in [1.165, 1.54) is 0 Å². The molecule has 2 rings (SSSR count). The molecule has 6 heteroatoms. The molecule has 0 aliphatic carbocycles. The summed E-state index contributed by atoms with van der Waals surface area (Å²) in [6.45, 7) is 3.94. The van der Waals surface area contributed by atoms with E-state index in [0.717, 1.165) is 16.9 Å². The topological polar surface area (TPSA) is 86.0 Å². The van der Waals surface area contributed by atoms with Crippen molar-refractivity contribution < 1.29 is 4.74 Å². The van der Waals surface area contributed by atoms with Crippen molar-refractivity contribution >= 4 is 0 Å². The van der Waals surface area contributed by atoms with Crippen LogP contribution in [0.4, 0.5) is 0 Å². The number of pyridine rings is 1. The Kier molecular flexibility index (Phi) is 4.38. The molecule has 2 aromatic heterocycles. The minimum absolute atomic E-state index is 0.101. The summed E-state index contributed by atoms with van der Waals surface area (Å²) in [6, 6.07) is 3.57. The normalized spacial score (nSPS) is 12.4. The Morgan fingerprint density at radius 3 is 2.63 bits per heavy atom. The molecule has 2 heterocycles. The smallest absolute Gasteiger partial charge is 0.138 e. The number of rotatable bonds is 5. The molecule has 0 spiro atoms. The van der Waals surface area contributed by atoms with Crippen LogP contribution in [0.5, 0.6) is 5.75 Å². The predicted molar refractivity (Wildman–Crippen MR) is 71.2 cm³/mol. The van der Waals surface area contributed by atoms with Gasteiger partial charge >= 0.3 is 0 Å². The van der Waals surface area contributed by atoms with Crippen LogP contribution in [0.3, 0.4) is 0 Å². The summed E-state index contributed by atoms with van der Waals surface area (Å²) in [6.07, 6.45) is 6.83. The van der Waals surface area contributed by atoms with Crippen LogP contribution in [-0.2, 0) is 0 Å². The molecule has 0 bridgehead atoms. The minimum Gasteiger partial charge on any atom is -0.489 e. The van der Waals surface area contributed by atoms with Gasteiger partial charge in [-0.15, -0.1) is 0 Å². The van der Waals surface area contributed by atoms with E-state index in [1.807, 2.05) is 26.0 Å². The number of hydrazine groups is 1. The lowest BCUT2D eigenvalue weighted by Crippen LogP contribution is -2.29. The molecule has 0 amide bonds. The van der Waals surface area contributed by atoms with Crippen molar-refractivity contribution in [2.24, 2.45) is 5.84 Å². The quantitative estimate of drug-likeness (QED) is 0.620. The molecule has 0 aliphatic rings. The highest BCUT2D eigenvalue weighted by Gasteiger charge is 2.14. The highest BCUT2D eigenvalue weighted by Crippen LogP contribution is 2.23. The molecule has 2 aromatic rings. The van der Waals surface area contributed by atoms with Gasteiger partial charge < -0.3 is 4.74 Å². The average Bonchev–Trinajstić information content (AvgIpc) is 2.40. The van der Waals surface area contributed by atoms with E-state index in [1.54, 1.807) is 24.8 Å². The maximum Gasteiger partial charge on any atom is 0.138 e. The van der Waals surface area contributed by atoms with Crippen LogP contribution in [0.1, 0.15) is 31.0 Å². The van der Waals surface area contributed by atoms with Crippen LogP contribution >= 0.6 is 0 Å². The second kappa shape index (κ2) is 6.21. The second-order valence-electron chi connectivity index (χ2n) is 4.40. The zero-order valence-electron chi connectivity index (χ0n) is 10.9. The van der Waals surface area contributed by atoms with Crippen LogP contribution in [0.25, 0.3) is 0 Å². The Morgan fingerprint density at radius 2 is 2.00 bits per heavy atom. The summed E-state index contributed by atoms with van der Waals surface area (Å²) in [7, 11) is 0. The van der Waals surface area contributed by atoms with Gasteiger partial charge in [0.05, 0.1) is 24.5 Å². The van der Waals surface area contributed by atoms with Crippen LogP contribution in [0.15, 0.2) is 36.9 Å². The van der Waals surface area contributed by atoms with Crippen molar-refractivity contribution in [3.8, 4) is 5.75 Å². The van der Waals surface area contributed by atoms with Crippen LogP contribution in [0, 0.1) is 0 Å². The fraction of sp³-hybridized carbons (Fsp3) is 0.308. The SMILES string of the molecule is CC(C)Oc1cncc(C(NN)c2ccnnc2)c1. The number of nitrogens with two attached hydrogens (primary N) is 1. The third-order valence-corrected chi connectivity index (χ3v) is 2.55. The van der Waals surface area contributed by atoms with Crippen molar-refractivity contribution in [3.63, 3.8) is 0 Å². The molecule has 0 saturated heterocycles. The van der Waals surface area contributed by atoms with Crippen molar-refractivity contribution in [2.45, 2.75) is 26.0 Å². The fourth-order valence-corrected chi connectivity index (χ4v) is 1.79. The Bertz CT molecular complexity index is 517. The fourth-order valence-electron chi connectivity index (χ4n) is 1.79. The number of nitrogens with one attached hydrogen (secondary N) is 1. The largest absolute Gasteiger partial charge is 0.489 e. The van der Waals surface area contributed by atoms with Gasteiger partial charge in [0.1, 0.15) is 5.75 Å². The number of ether oxygens (including phenoxy) is 1. The van der Waals surface area contributed by atoms with Gasteiger partial charge in [-0.25, -0.2) is 5.43 Å². The lowest BCUT2D eigenvalue weighted by Gasteiger charge is -2.17. The zero-order valence-corrected chi connectivity index (χ0v) is 10.9. The average molecular weight is 259 g/mol. The zero-order chi connectivity index (χ0) is 13.7. The Hall–Kier alpha value is -2.05. The monoisotopic (exact) mass is 259 g/mol. The molecule has 0 aliphatic heterocycles. The molecule has 0 saturated carbocycles. The first-order chi connectivity index (χ1) is 9.20. The Labute approximate surface area is 112 Å². The van der Waals surface area contributed by atoms with E-state index >= 15 is 0 Å². The number of aromatic nitrogens is 3. The van der Waals surface area contributed by atoms with Gasteiger partial charge in [0.2, 0.25) is 0 Å². The molecule has 1 atom stereocenters. The summed E-state index contributed by atoms with van der Waals surface area (Å²) in [4.78, 5) is 4.18. The van der Waals surface area contributed by atoms with Gasteiger partial charge in [0, 0.05) is 12.4 Å². The number of hydrogen-bond donors (Lipinski definition) is 2. The Morgan fingerprint density at radius 1 is 1.16 bits per heavy atom. The molecule has 19 heavy (non-hydrogen) atoms. The lowest BCUT2D eigenvalue weighted by atomic mass is 10.0. The Balaban J connectivity index is 2.28. The van der Waals surface area contributed by atoms with E-state index in [0.29, 0.717) is 0 Å². The van der Waals surface area contributed by atoms with E-state index in [2.05, 4.69) is 20.6 Å². The van der Waals surface area contributed by atoms with Crippen LogP contribution in [0.2, 0.25) is 0 Å². The molecular weight excluding hydrogens is 242 g/mol. The van der Waals surface area contributed by atoms with Gasteiger partial charge in [0.15, 0.2) is 0 Å². The predicted octanol–water partition coefficient (Wildman–Crippen LogP) is 1.21. The molecule has 3 N–H and O–H groups in total. The standard InChI is InChI=1S/C13H17N5O/c1-9(2)19-12-5-11(6-15-8-12)13(18-14)10-3-4-16-17-7-10/h3-9,13,18H,14H2,1-2H3. The van der Waals surface area contributed by atoms with Crippen molar-refractivity contribution in [1.82, 2.24) is 20.6 Å². The van der Waals surface area contributed by atoms with E-state index in [9.17, 15) is 0 Å². The molecule has 6 nitrogen and oxygen atoms in total. The minimum atomic E-state index is -0.196. The van der Waals surface area contributed by atoms with Gasteiger partial charge in [-0.05, 0) is 37.1 Å². The van der Waals surface area contributed by atoms with Gasteiger partial charge in [0.25, 0.3) is 0 Å². The molecule has 0 aromatic carbocycles. The maximum absolute atomic E-state index is 5.63. The molecule has 0 radical (unpaired) electrons. The molecule has 0 fully saturated rings.